The standard InChI is InChI=1S/C18H24N4O2/c1-5-22(13(2)3)12-14-6-8-15(9-7-14)17(23)19-16-10-11-21(4)18(24)20-16/h6-11,13H,5,12H2,1-4H3,(H,19,20,23,24). The van der Waals surface area contributed by atoms with Crippen molar-refractivity contribution in [1.82, 2.24) is 14.5 Å². The quantitative estimate of drug-likeness (QED) is 0.883. The van der Waals surface area contributed by atoms with E-state index in [1.165, 1.54) is 4.57 Å². The van der Waals surface area contributed by atoms with Gasteiger partial charge in [-0.25, -0.2) is 4.79 Å². The molecule has 0 aliphatic carbocycles. The molecule has 1 amide bonds. The Morgan fingerprint density at radius 3 is 2.46 bits per heavy atom. The number of carbonyl (C=O) groups excluding carboxylic acids is 1. The van der Waals surface area contributed by atoms with Crippen LogP contribution in [-0.2, 0) is 13.6 Å². The fraction of sp³-hybridized carbons (Fsp3) is 0.389. The van der Waals surface area contributed by atoms with Gasteiger partial charge in [-0.2, -0.15) is 4.98 Å². The lowest BCUT2D eigenvalue weighted by Gasteiger charge is -2.24. The number of nitrogens with one attached hydrogen (secondary N) is 1. The van der Waals surface area contributed by atoms with Crippen molar-refractivity contribution in [2.45, 2.75) is 33.4 Å². The van der Waals surface area contributed by atoms with Crippen molar-refractivity contribution in [3.05, 3.63) is 58.1 Å². The van der Waals surface area contributed by atoms with E-state index in [2.05, 4.69) is 36.0 Å². The SMILES string of the molecule is CCN(Cc1ccc(C(=O)Nc2ccn(C)c(=O)n2)cc1)C(C)C. The van der Waals surface area contributed by atoms with Crippen LogP contribution in [0.5, 0.6) is 0 Å². The number of benzene rings is 1. The monoisotopic (exact) mass is 328 g/mol. The summed E-state index contributed by atoms with van der Waals surface area (Å²) < 4.78 is 1.35. The summed E-state index contributed by atoms with van der Waals surface area (Å²) in [5.41, 5.74) is 1.29. The molecule has 0 fully saturated rings. The molecule has 6 nitrogen and oxygen atoms in total. The third kappa shape index (κ3) is 4.52. The van der Waals surface area contributed by atoms with Crippen LogP contribution in [0.4, 0.5) is 5.82 Å². The number of rotatable bonds is 6. The van der Waals surface area contributed by atoms with Gasteiger partial charge in [-0.3, -0.25) is 9.69 Å². The zero-order valence-corrected chi connectivity index (χ0v) is 14.6. The van der Waals surface area contributed by atoms with E-state index in [-0.39, 0.29) is 11.7 Å². The summed E-state index contributed by atoms with van der Waals surface area (Å²) in [7, 11) is 1.61. The number of aromatic nitrogens is 2. The van der Waals surface area contributed by atoms with E-state index >= 15 is 0 Å². The van der Waals surface area contributed by atoms with Crippen LogP contribution in [0.3, 0.4) is 0 Å². The summed E-state index contributed by atoms with van der Waals surface area (Å²) in [6, 6.07) is 9.56. The lowest BCUT2D eigenvalue weighted by Crippen LogP contribution is -2.29. The second-order valence-corrected chi connectivity index (χ2v) is 6.01. The van der Waals surface area contributed by atoms with Gasteiger partial charge in [0.2, 0.25) is 0 Å². The summed E-state index contributed by atoms with van der Waals surface area (Å²) in [4.78, 5) is 29.9. The number of anilines is 1. The predicted molar refractivity (Wildman–Crippen MR) is 95.1 cm³/mol. The lowest BCUT2D eigenvalue weighted by molar-refractivity contribution is 0.102. The molecule has 0 bridgehead atoms. The first-order valence-corrected chi connectivity index (χ1v) is 8.08. The number of carbonyl (C=O) groups is 1. The third-order valence-corrected chi connectivity index (χ3v) is 3.95. The molecular formula is C18H24N4O2. The highest BCUT2D eigenvalue weighted by Gasteiger charge is 2.10. The van der Waals surface area contributed by atoms with E-state index in [9.17, 15) is 9.59 Å². The van der Waals surface area contributed by atoms with Gasteiger partial charge >= 0.3 is 5.69 Å². The Labute approximate surface area is 142 Å². The van der Waals surface area contributed by atoms with Crippen molar-refractivity contribution in [2.24, 2.45) is 7.05 Å². The molecule has 0 spiro atoms. The molecule has 0 radical (unpaired) electrons. The van der Waals surface area contributed by atoms with Gasteiger partial charge in [-0.1, -0.05) is 19.1 Å². The maximum Gasteiger partial charge on any atom is 0.349 e. The minimum Gasteiger partial charge on any atom is -0.306 e. The van der Waals surface area contributed by atoms with Gasteiger partial charge in [0.15, 0.2) is 0 Å². The molecule has 0 aliphatic rings. The first-order chi connectivity index (χ1) is 11.4. The maximum atomic E-state index is 12.2. The number of nitrogens with zero attached hydrogens (tertiary/aromatic N) is 3. The molecule has 6 heteroatoms. The van der Waals surface area contributed by atoms with E-state index in [1.807, 2.05) is 12.1 Å². The molecule has 24 heavy (non-hydrogen) atoms. The van der Waals surface area contributed by atoms with Crippen molar-refractivity contribution >= 4 is 11.7 Å². The largest absolute Gasteiger partial charge is 0.349 e. The first kappa shape index (κ1) is 17.9. The van der Waals surface area contributed by atoms with Gasteiger partial charge in [0.25, 0.3) is 5.91 Å². The van der Waals surface area contributed by atoms with Crippen LogP contribution in [0.15, 0.2) is 41.3 Å². The van der Waals surface area contributed by atoms with Gasteiger partial charge in [0, 0.05) is 31.4 Å². The summed E-state index contributed by atoms with van der Waals surface area (Å²) in [6.45, 7) is 8.31. The van der Waals surface area contributed by atoms with Crippen LogP contribution in [0.1, 0.15) is 36.7 Å². The van der Waals surface area contributed by atoms with Crippen LogP contribution in [0.25, 0.3) is 0 Å². The van der Waals surface area contributed by atoms with Crippen LogP contribution >= 0.6 is 0 Å². The topological polar surface area (TPSA) is 67.2 Å². The van der Waals surface area contributed by atoms with Crippen LogP contribution < -0.4 is 11.0 Å². The van der Waals surface area contributed by atoms with E-state index in [1.54, 1.807) is 31.4 Å². The zero-order valence-electron chi connectivity index (χ0n) is 14.6. The molecule has 1 aromatic carbocycles. The lowest BCUT2D eigenvalue weighted by atomic mass is 10.1. The Morgan fingerprint density at radius 2 is 1.92 bits per heavy atom. The van der Waals surface area contributed by atoms with E-state index in [0.29, 0.717) is 11.6 Å². The molecule has 2 rings (SSSR count). The second kappa shape index (κ2) is 7.88. The number of hydrogen-bond donors (Lipinski definition) is 1. The summed E-state index contributed by atoms with van der Waals surface area (Å²) in [5, 5.41) is 2.64. The Hall–Kier alpha value is -2.47. The highest BCUT2D eigenvalue weighted by atomic mass is 16.2. The normalized spacial score (nSPS) is 11.1. The summed E-state index contributed by atoms with van der Waals surface area (Å²) in [5.74, 6) is -0.0253. The molecule has 0 saturated heterocycles. The number of aryl methyl sites for hydroxylation is 1. The van der Waals surface area contributed by atoms with Crippen molar-refractivity contribution < 1.29 is 4.79 Å². The zero-order chi connectivity index (χ0) is 17.7. The van der Waals surface area contributed by atoms with Gasteiger partial charge < -0.3 is 9.88 Å². The highest BCUT2D eigenvalue weighted by molar-refractivity contribution is 6.03. The van der Waals surface area contributed by atoms with Gasteiger partial charge in [-0.05, 0) is 44.2 Å². The van der Waals surface area contributed by atoms with Crippen LogP contribution in [0, 0.1) is 0 Å². The fourth-order valence-corrected chi connectivity index (χ4v) is 2.38. The van der Waals surface area contributed by atoms with Crippen LogP contribution in [0.2, 0.25) is 0 Å². The van der Waals surface area contributed by atoms with Gasteiger partial charge in [0.1, 0.15) is 5.82 Å². The predicted octanol–water partition coefficient (Wildman–Crippen LogP) is 2.26. The van der Waals surface area contributed by atoms with E-state index in [0.717, 1.165) is 18.7 Å². The Balaban J connectivity index is 2.05. The smallest absolute Gasteiger partial charge is 0.306 e. The average molecular weight is 328 g/mol. The maximum absolute atomic E-state index is 12.2. The summed E-state index contributed by atoms with van der Waals surface area (Å²) in [6.07, 6.45) is 1.57. The van der Waals surface area contributed by atoms with E-state index in [4.69, 9.17) is 0 Å². The fourth-order valence-electron chi connectivity index (χ4n) is 2.38. The molecule has 0 atom stereocenters. The minimum absolute atomic E-state index is 0.254. The number of amides is 1. The first-order valence-electron chi connectivity index (χ1n) is 8.08. The van der Waals surface area contributed by atoms with Crippen LogP contribution in [-0.4, -0.2) is 32.9 Å². The van der Waals surface area contributed by atoms with E-state index < -0.39 is 5.69 Å². The molecule has 0 saturated carbocycles. The highest BCUT2D eigenvalue weighted by Crippen LogP contribution is 2.11. The molecule has 0 unspecified atom stereocenters. The molecule has 0 aliphatic heterocycles. The Morgan fingerprint density at radius 1 is 1.25 bits per heavy atom. The average Bonchev–Trinajstić information content (AvgIpc) is 2.56. The van der Waals surface area contributed by atoms with Crippen molar-refractivity contribution in [3.63, 3.8) is 0 Å². The molecule has 1 N–H and O–H groups in total. The Kier molecular flexibility index (Phi) is 5.87. The summed E-state index contributed by atoms with van der Waals surface area (Å²) >= 11 is 0. The minimum atomic E-state index is -0.406. The van der Waals surface area contributed by atoms with Crippen molar-refractivity contribution in [3.8, 4) is 0 Å². The van der Waals surface area contributed by atoms with Crippen molar-refractivity contribution in [1.29, 1.82) is 0 Å². The van der Waals surface area contributed by atoms with Gasteiger partial charge in [-0.15, -0.1) is 0 Å². The third-order valence-electron chi connectivity index (χ3n) is 3.95. The molecule has 1 heterocycles. The molecule has 128 valence electrons. The van der Waals surface area contributed by atoms with Gasteiger partial charge in [0.05, 0.1) is 0 Å². The molecular weight excluding hydrogens is 304 g/mol. The Bertz CT molecular complexity index is 750. The van der Waals surface area contributed by atoms with Crippen molar-refractivity contribution in [2.75, 3.05) is 11.9 Å². The number of hydrogen-bond acceptors (Lipinski definition) is 4. The molecule has 1 aromatic heterocycles. The molecule has 2 aromatic rings. The second-order valence-electron chi connectivity index (χ2n) is 6.01.